The molecule has 0 bridgehead atoms. The number of nitrogens with one attached hydrogen (secondary N) is 1. The number of aryl methyl sites for hydroxylation is 3. The van der Waals surface area contributed by atoms with Crippen molar-refractivity contribution in [3.63, 3.8) is 0 Å². The zero-order chi connectivity index (χ0) is 19.6. The van der Waals surface area contributed by atoms with Crippen molar-refractivity contribution in [3.8, 4) is 5.69 Å². The summed E-state index contributed by atoms with van der Waals surface area (Å²) in [5, 5.41) is 15.7. The molecule has 0 spiro atoms. The number of pyridine rings is 1. The normalized spacial score (nSPS) is 10.9. The molecule has 1 amide bonds. The molecule has 0 atom stereocenters. The fourth-order valence-electron chi connectivity index (χ4n) is 2.41. The van der Waals surface area contributed by atoms with Gasteiger partial charge in [0.25, 0.3) is 0 Å². The zero-order valence-corrected chi connectivity index (χ0v) is 17.2. The maximum atomic E-state index is 12.3. The van der Waals surface area contributed by atoms with Gasteiger partial charge in [0, 0.05) is 0 Å². The Kier molecular flexibility index (Phi) is 5.98. The Morgan fingerprint density at radius 1 is 1.19 bits per heavy atom. The summed E-state index contributed by atoms with van der Waals surface area (Å²) in [7, 11) is 0. The van der Waals surface area contributed by atoms with Gasteiger partial charge in [0.15, 0.2) is 5.82 Å². The van der Waals surface area contributed by atoms with Crippen LogP contribution in [0.2, 0.25) is 10.0 Å². The van der Waals surface area contributed by atoms with Crippen molar-refractivity contribution in [2.75, 3.05) is 11.1 Å². The predicted molar refractivity (Wildman–Crippen MR) is 107 cm³/mol. The van der Waals surface area contributed by atoms with E-state index in [1.165, 1.54) is 11.8 Å². The Balaban J connectivity index is 1.70. The number of nitrogens with zero attached hydrogens (tertiary/aromatic N) is 5. The Morgan fingerprint density at radius 2 is 1.96 bits per heavy atom. The van der Waals surface area contributed by atoms with E-state index in [-0.39, 0.29) is 22.5 Å². The van der Waals surface area contributed by atoms with Gasteiger partial charge in [-0.25, -0.2) is 4.98 Å². The summed E-state index contributed by atoms with van der Waals surface area (Å²) < 4.78 is 1.62. The van der Waals surface area contributed by atoms with E-state index in [1.807, 2.05) is 26.0 Å². The number of tetrazole rings is 1. The van der Waals surface area contributed by atoms with E-state index in [0.717, 1.165) is 16.8 Å². The average molecular weight is 423 g/mol. The fourth-order valence-corrected chi connectivity index (χ4v) is 3.50. The largest absolute Gasteiger partial charge is 0.309 e. The van der Waals surface area contributed by atoms with E-state index in [9.17, 15) is 4.79 Å². The highest BCUT2D eigenvalue weighted by Crippen LogP contribution is 2.26. The van der Waals surface area contributed by atoms with E-state index in [2.05, 4.69) is 31.9 Å². The summed E-state index contributed by atoms with van der Waals surface area (Å²) in [6.45, 7) is 5.75. The number of anilines is 1. The molecule has 140 valence electrons. The van der Waals surface area contributed by atoms with Gasteiger partial charge < -0.3 is 5.32 Å². The van der Waals surface area contributed by atoms with Crippen molar-refractivity contribution >= 4 is 46.7 Å². The summed E-state index contributed by atoms with van der Waals surface area (Å²) in [6, 6.07) is 7.54. The van der Waals surface area contributed by atoms with Gasteiger partial charge in [-0.3, -0.25) is 4.79 Å². The smallest absolute Gasteiger partial charge is 0.236 e. The first-order valence-electron chi connectivity index (χ1n) is 7.96. The van der Waals surface area contributed by atoms with Crippen LogP contribution in [0.4, 0.5) is 5.82 Å². The van der Waals surface area contributed by atoms with Crippen LogP contribution < -0.4 is 5.32 Å². The first kappa shape index (κ1) is 19.6. The van der Waals surface area contributed by atoms with Crippen LogP contribution in [0.1, 0.15) is 16.8 Å². The Labute approximate surface area is 170 Å². The predicted octanol–water partition coefficient (Wildman–Crippen LogP) is 4.02. The molecule has 10 heteroatoms. The quantitative estimate of drug-likeness (QED) is 0.624. The molecule has 7 nitrogen and oxygen atoms in total. The number of carbonyl (C=O) groups excluding carboxylic acids is 1. The number of aromatic nitrogens is 5. The lowest BCUT2D eigenvalue weighted by molar-refractivity contribution is -0.113. The third-order valence-corrected chi connectivity index (χ3v) is 5.31. The number of hydrogen-bond acceptors (Lipinski definition) is 6. The molecule has 3 rings (SSSR count). The van der Waals surface area contributed by atoms with Crippen molar-refractivity contribution in [2.24, 2.45) is 0 Å². The summed E-state index contributed by atoms with van der Waals surface area (Å²) in [5.41, 5.74) is 3.65. The van der Waals surface area contributed by atoms with Crippen molar-refractivity contribution < 1.29 is 4.79 Å². The van der Waals surface area contributed by atoms with E-state index < -0.39 is 0 Å². The molecule has 1 aromatic carbocycles. The SMILES string of the molecule is Cc1ccc(-n2nnnc2SCC(=O)Nc2nc(C)c(Cl)cc2Cl)c(C)c1. The summed E-state index contributed by atoms with van der Waals surface area (Å²) in [4.78, 5) is 16.5. The molecule has 3 aromatic rings. The minimum absolute atomic E-state index is 0.102. The average Bonchev–Trinajstić information content (AvgIpc) is 3.06. The topological polar surface area (TPSA) is 85.6 Å². The molecular formula is C17H16Cl2N6OS. The second kappa shape index (κ2) is 8.24. The van der Waals surface area contributed by atoms with E-state index in [4.69, 9.17) is 23.2 Å². The minimum atomic E-state index is -0.272. The molecule has 27 heavy (non-hydrogen) atoms. The van der Waals surface area contributed by atoms with Gasteiger partial charge in [0.1, 0.15) is 0 Å². The Hall–Kier alpha value is -2.16. The minimum Gasteiger partial charge on any atom is -0.309 e. The number of carbonyl (C=O) groups is 1. The Morgan fingerprint density at radius 3 is 2.70 bits per heavy atom. The van der Waals surface area contributed by atoms with Gasteiger partial charge in [-0.05, 0) is 48.9 Å². The highest BCUT2D eigenvalue weighted by molar-refractivity contribution is 7.99. The summed E-state index contributed by atoms with van der Waals surface area (Å²) >= 11 is 13.3. The second-order valence-electron chi connectivity index (χ2n) is 5.89. The number of benzene rings is 1. The molecule has 0 aliphatic rings. The first-order chi connectivity index (χ1) is 12.8. The van der Waals surface area contributed by atoms with E-state index in [1.54, 1.807) is 17.7 Å². The lowest BCUT2D eigenvalue weighted by Gasteiger charge is -2.09. The van der Waals surface area contributed by atoms with Gasteiger partial charge in [-0.1, -0.05) is 52.7 Å². The van der Waals surface area contributed by atoms with Gasteiger partial charge >= 0.3 is 0 Å². The van der Waals surface area contributed by atoms with Crippen molar-refractivity contribution in [2.45, 2.75) is 25.9 Å². The lowest BCUT2D eigenvalue weighted by atomic mass is 10.1. The molecule has 0 unspecified atom stereocenters. The highest BCUT2D eigenvalue weighted by Gasteiger charge is 2.15. The van der Waals surface area contributed by atoms with Crippen LogP contribution in [-0.4, -0.2) is 36.9 Å². The van der Waals surface area contributed by atoms with Crippen LogP contribution in [-0.2, 0) is 4.79 Å². The van der Waals surface area contributed by atoms with Gasteiger partial charge in [0.05, 0.1) is 27.2 Å². The number of halogens is 2. The monoisotopic (exact) mass is 422 g/mol. The molecule has 0 saturated carbocycles. The lowest BCUT2D eigenvalue weighted by Crippen LogP contribution is -2.16. The van der Waals surface area contributed by atoms with Gasteiger partial charge in [-0.15, -0.1) is 5.10 Å². The molecule has 0 aliphatic heterocycles. The molecule has 0 fully saturated rings. The first-order valence-corrected chi connectivity index (χ1v) is 9.70. The van der Waals surface area contributed by atoms with Crippen molar-refractivity contribution in [1.29, 1.82) is 0 Å². The molecular weight excluding hydrogens is 407 g/mol. The molecule has 0 aliphatic carbocycles. The third kappa shape index (κ3) is 4.58. The van der Waals surface area contributed by atoms with Crippen molar-refractivity contribution in [3.05, 3.63) is 51.1 Å². The van der Waals surface area contributed by atoms with Crippen molar-refractivity contribution in [1.82, 2.24) is 25.2 Å². The van der Waals surface area contributed by atoms with E-state index in [0.29, 0.717) is 15.9 Å². The maximum absolute atomic E-state index is 12.3. The number of rotatable bonds is 5. The van der Waals surface area contributed by atoms with Crippen LogP contribution in [0.25, 0.3) is 5.69 Å². The maximum Gasteiger partial charge on any atom is 0.236 e. The van der Waals surface area contributed by atoms with Crippen LogP contribution in [0.5, 0.6) is 0 Å². The number of thioether (sulfide) groups is 1. The molecule has 2 aromatic heterocycles. The zero-order valence-electron chi connectivity index (χ0n) is 14.8. The number of hydrogen-bond donors (Lipinski definition) is 1. The Bertz CT molecular complexity index is 1010. The molecule has 1 N–H and O–H groups in total. The van der Waals surface area contributed by atoms with Gasteiger partial charge in [-0.2, -0.15) is 4.68 Å². The van der Waals surface area contributed by atoms with Crippen LogP contribution in [0.15, 0.2) is 29.4 Å². The summed E-state index contributed by atoms with van der Waals surface area (Å²) in [5.74, 6) is 0.106. The van der Waals surface area contributed by atoms with Crippen LogP contribution in [0.3, 0.4) is 0 Å². The summed E-state index contributed by atoms with van der Waals surface area (Å²) in [6.07, 6.45) is 0. The molecule has 0 radical (unpaired) electrons. The van der Waals surface area contributed by atoms with Crippen LogP contribution in [0, 0.1) is 20.8 Å². The van der Waals surface area contributed by atoms with Crippen LogP contribution >= 0.6 is 35.0 Å². The fraction of sp³-hybridized carbons (Fsp3) is 0.235. The second-order valence-corrected chi connectivity index (χ2v) is 7.64. The standard InChI is InChI=1S/C17H16Cl2N6OS/c1-9-4-5-14(10(2)6-9)25-17(22-23-24-25)27-8-15(26)21-16-13(19)7-12(18)11(3)20-16/h4-7H,8H2,1-3H3,(H,20,21,26). The highest BCUT2D eigenvalue weighted by atomic mass is 35.5. The molecule has 0 saturated heterocycles. The van der Waals surface area contributed by atoms with Gasteiger partial charge in [0.2, 0.25) is 11.1 Å². The molecule has 2 heterocycles. The van der Waals surface area contributed by atoms with E-state index >= 15 is 0 Å². The third-order valence-electron chi connectivity index (χ3n) is 3.72. The number of amides is 1.